The van der Waals surface area contributed by atoms with Gasteiger partial charge in [-0.3, -0.25) is 4.99 Å². The highest BCUT2D eigenvalue weighted by molar-refractivity contribution is 6.02. The lowest BCUT2D eigenvalue weighted by Gasteiger charge is -2.25. The number of aliphatic hydroxyl groups excluding tert-OH is 1. The predicted molar refractivity (Wildman–Crippen MR) is 92.1 cm³/mol. The van der Waals surface area contributed by atoms with Crippen molar-refractivity contribution in [1.82, 2.24) is 0 Å². The van der Waals surface area contributed by atoms with Crippen molar-refractivity contribution in [3.63, 3.8) is 0 Å². The molecule has 1 aromatic rings. The molecule has 0 saturated carbocycles. The molecule has 0 aromatic heterocycles. The Hall–Kier alpha value is -1.35. The third-order valence-corrected chi connectivity index (χ3v) is 4.34. The maximum Gasteiger partial charge on any atom is 0.125 e. The van der Waals surface area contributed by atoms with Gasteiger partial charge in [0.2, 0.25) is 0 Å². The van der Waals surface area contributed by atoms with E-state index in [4.69, 9.17) is 9.73 Å². The zero-order chi connectivity index (χ0) is 16.3. The molecular weight excluding hydrogens is 274 g/mol. The number of nitrogens with zero attached hydrogens (tertiary/aromatic N) is 1. The maximum atomic E-state index is 9.36. The van der Waals surface area contributed by atoms with Gasteiger partial charge in [-0.05, 0) is 61.4 Å². The van der Waals surface area contributed by atoms with Crippen LogP contribution in [0.5, 0.6) is 5.75 Å². The standard InChI is InChI=1S/C19H29NO2/c1-13-7-6-8-20-17(13)16-9-14(2)18(15(3)10-16)22-12-19(4,5)11-21/h9-10,13,21H,6-8,11-12H2,1-5H3. The third kappa shape index (κ3) is 3.89. The molecule has 1 heterocycles. The summed E-state index contributed by atoms with van der Waals surface area (Å²) in [6, 6.07) is 4.38. The van der Waals surface area contributed by atoms with Crippen LogP contribution in [0, 0.1) is 25.2 Å². The van der Waals surface area contributed by atoms with Crippen molar-refractivity contribution in [2.24, 2.45) is 16.3 Å². The highest BCUT2D eigenvalue weighted by Gasteiger charge is 2.21. The molecule has 3 nitrogen and oxygen atoms in total. The molecule has 1 unspecified atom stereocenters. The quantitative estimate of drug-likeness (QED) is 0.895. The highest BCUT2D eigenvalue weighted by atomic mass is 16.5. The lowest BCUT2D eigenvalue weighted by molar-refractivity contribution is 0.0968. The molecule has 0 fully saturated rings. The van der Waals surface area contributed by atoms with Crippen molar-refractivity contribution in [2.45, 2.75) is 47.5 Å². The topological polar surface area (TPSA) is 41.8 Å². The average Bonchev–Trinajstić information content (AvgIpc) is 2.46. The molecule has 0 aliphatic carbocycles. The van der Waals surface area contributed by atoms with Crippen molar-refractivity contribution in [1.29, 1.82) is 0 Å². The van der Waals surface area contributed by atoms with Crippen molar-refractivity contribution in [2.75, 3.05) is 19.8 Å². The molecule has 2 rings (SSSR count). The maximum absolute atomic E-state index is 9.36. The Labute approximate surface area is 134 Å². The van der Waals surface area contributed by atoms with Crippen molar-refractivity contribution in [3.8, 4) is 5.75 Å². The molecule has 0 amide bonds. The molecule has 3 heteroatoms. The number of hydrogen-bond donors (Lipinski definition) is 1. The first-order chi connectivity index (χ1) is 10.3. The summed E-state index contributed by atoms with van der Waals surface area (Å²) in [7, 11) is 0. The Kier molecular flexibility index (Phi) is 5.28. The van der Waals surface area contributed by atoms with E-state index in [2.05, 4.69) is 32.9 Å². The smallest absolute Gasteiger partial charge is 0.125 e. The van der Waals surface area contributed by atoms with E-state index < -0.39 is 0 Å². The number of aliphatic hydroxyl groups is 1. The fraction of sp³-hybridized carbons (Fsp3) is 0.632. The van der Waals surface area contributed by atoms with Gasteiger partial charge in [0.1, 0.15) is 5.75 Å². The highest BCUT2D eigenvalue weighted by Crippen LogP contribution is 2.29. The summed E-state index contributed by atoms with van der Waals surface area (Å²) < 4.78 is 5.99. The number of hydrogen-bond acceptors (Lipinski definition) is 3. The van der Waals surface area contributed by atoms with Gasteiger partial charge in [-0.1, -0.05) is 20.8 Å². The second kappa shape index (κ2) is 6.82. The first-order valence-electron chi connectivity index (χ1n) is 8.23. The number of aryl methyl sites for hydroxylation is 2. The second-order valence-electron chi connectivity index (χ2n) is 7.36. The molecule has 0 bridgehead atoms. The van der Waals surface area contributed by atoms with Gasteiger partial charge in [0, 0.05) is 17.7 Å². The Balaban J connectivity index is 2.23. The molecule has 1 aliphatic rings. The van der Waals surface area contributed by atoms with Crippen LogP contribution in [0.2, 0.25) is 0 Å². The zero-order valence-electron chi connectivity index (χ0n) is 14.6. The Bertz CT molecular complexity index is 538. The summed E-state index contributed by atoms with van der Waals surface area (Å²) in [4.78, 5) is 4.73. The van der Waals surface area contributed by atoms with Gasteiger partial charge in [-0.25, -0.2) is 0 Å². The van der Waals surface area contributed by atoms with Crippen LogP contribution in [0.15, 0.2) is 17.1 Å². The summed E-state index contributed by atoms with van der Waals surface area (Å²) in [5.41, 5.74) is 4.53. The first kappa shape index (κ1) is 17.0. The van der Waals surface area contributed by atoms with E-state index in [1.54, 1.807) is 0 Å². The van der Waals surface area contributed by atoms with Crippen LogP contribution in [0.25, 0.3) is 0 Å². The first-order valence-corrected chi connectivity index (χ1v) is 8.23. The van der Waals surface area contributed by atoms with Gasteiger partial charge in [-0.2, -0.15) is 0 Å². The summed E-state index contributed by atoms with van der Waals surface area (Å²) >= 11 is 0. The molecule has 1 atom stereocenters. The van der Waals surface area contributed by atoms with Crippen LogP contribution in [-0.2, 0) is 0 Å². The summed E-state index contributed by atoms with van der Waals surface area (Å²) in [6.45, 7) is 12.0. The van der Waals surface area contributed by atoms with E-state index in [-0.39, 0.29) is 12.0 Å². The Morgan fingerprint density at radius 2 is 1.91 bits per heavy atom. The second-order valence-corrected chi connectivity index (χ2v) is 7.36. The number of benzene rings is 1. The van der Waals surface area contributed by atoms with E-state index >= 15 is 0 Å². The van der Waals surface area contributed by atoms with E-state index in [1.165, 1.54) is 24.1 Å². The SMILES string of the molecule is Cc1cc(C2=NCCCC2C)cc(C)c1OCC(C)(C)CO. The summed E-state index contributed by atoms with van der Waals surface area (Å²) in [5, 5.41) is 9.36. The minimum absolute atomic E-state index is 0.123. The third-order valence-electron chi connectivity index (χ3n) is 4.34. The molecule has 0 radical (unpaired) electrons. The van der Waals surface area contributed by atoms with Crippen molar-refractivity contribution >= 4 is 5.71 Å². The van der Waals surface area contributed by atoms with Crippen LogP contribution in [0.3, 0.4) is 0 Å². The molecular formula is C19H29NO2. The van der Waals surface area contributed by atoms with E-state index in [0.717, 1.165) is 23.4 Å². The summed E-state index contributed by atoms with van der Waals surface area (Å²) in [6.07, 6.45) is 2.42. The van der Waals surface area contributed by atoms with Crippen LogP contribution in [0.1, 0.15) is 50.3 Å². The van der Waals surface area contributed by atoms with Gasteiger partial charge < -0.3 is 9.84 Å². The van der Waals surface area contributed by atoms with E-state index in [0.29, 0.717) is 12.5 Å². The van der Waals surface area contributed by atoms with Crippen LogP contribution in [0.4, 0.5) is 0 Å². The Morgan fingerprint density at radius 3 is 2.45 bits per heavy atom. The Morgan fingerprint density at radius 1 is 1.27 bits per heavy atom. The largest absolute Gasteiger partial charge is 0.492 e. The monoisotopic (exact) mass is 303 g/mol. The van der Waals surface area contributed by atoms with Crippen LogP contribution in [-0.4, -0.2) is 30.6 Å². The molecule has 122 valence electrons. The molecule has 22 heavy (non-hydrogen) atoms. The van der Waals surface area contributed by atoms with Crippen molar-refractivity contribution in [3.05, 3.63) is 28.8 Å². The van der Waals surface area contributed by atoms with Crippen molar-refractivity contribution < 1.29 is 9.84 Å². The molecule has 1 aliphatic heterocycles. The lowest BCUT2D eigenvalue weighted by Crippen LogP contribution is -2.26. The van der Waals surface area contributed by atoms with Gasteiger partial charge in [-0.15, -0.1) is 0 Å². The molecule has 0 saturated heterocycles. The molecule has 0 spiro atoms. The fourth-order valence-electron chi connectivity index (χ4n) is 2.90. The zero-order valence-corrected chi connectivity index (χ0v) is 14.6. The van der Waals surface area contributed by atoms with Gasteiger partial charge >= 0.3 is 0 Å². The van der Waals surface area contributed by atoms with Crippen LogP contribution < -0.4 is 4.74 Å². The van der Waals surface area contributed by atoms with E-state index in [1.807, 2.05) is 13.8 Å². The fourth-order valence-corrected chi connectivity index (χ4v) is 2.90. The minimum Gasteiger partial charge on any atom is -0.492 e. The van der Waals surface area contributed by atoms with Crippen LogP contribution >= 0.6 is 0 Å². The number of ether oxygens (including phenoxy) is 1. The molecule has 1 N–H and O–H groups in total. The normalized spacial score (nSPS) is 19.0. The average molecular weight is 303 g/mol. The van der Waals surface area contributed by atoms with Gasteiger partial charge in [0.05, 0.1) is 13.2 Å². The van der Waals surface area contributed by atoms with Gasteiger partial charge in [0.25, 0.3) is 0 Å². The lowest BCUT2D eigenvalue weighted by atomic mass is 9.90. The van der Waals surface area contributed by atoms with E-state index in [9.17, 15) is 5.11 Å². The molecule has 1 aromatic carbocycles. The number of aliphatic imine (C=N–C) groups is 1. The minimum atomic E-state index is -0.223. The summed E-state index contributed by atoms with van der Waals surface area (Å²) in [5.74, 6) is 1.47. The predicted octanol–water partition coefficient (Wildman–Crippen LogP) is 3.92. The number of rotatable bonds is 5. The van der Waals surface area contributed by atoms with Gasteiger partial charge in [0.15, 0.2) is 0 Å².